The van der Waals surface area contributed by atoms with Gasteiger partial charge >= 0.3 is 0 Å². The Morgan fingerprint density at radius 1 is 1.09 bits per heavy atom. The van der Waals surface area contributed by atoms with Crippen LogP contribution >= 0.6 is 0 Å². The normalized spacial score (nSPS) is 10.9. The van der Waals surface area contributed by atoms with Crippen molar-refractivity contribution < 1.29 is 19.4 Å². The van der Waals surface area contributed by atoms with Crippen LogP contribution < -0.4 is 14.9 Å². The molecule has 0 aliphatic carbocycles. The van der Waals surface area contributed by atoms with E-state index in [1.54, 1.807) is 18.2 Å². The molecule has 0 bridgehead atoms. The standard InChI is InChI=1S/C26H24N4O4/c1-17-7-9-18(10-8-17)16-34-24-6-4-3-5-20(24)21-14-22(29-28-21)26(32)30-27-15-19-11-12-23(31)25(13-19)33-2/h3-15,31H,16H2,1-2H3,(H,28,29)(H,30,32)/b27-15+. The van der Waals surface area contributed by atoms with Crippen molar-refractivity contribution in [2.24, 2.45) is 5.10 Å². The highest BCUT2D eigenvalue weighted by atomic mass is 16.5. The molecule has 0 saturated heterocycles. The number of amides is 1. The molecular weight excluding hydrogens is 432 g/mol. The van der Waals surface area contributed by atoms with Crippen LogP contribution in [0, 0.1) is 6.92 Å². The molecule has 3 aromatic carbocycles. The van der Waals surface area contributed by atoms with Gasteiger partial charge < -0.3 is 14.6 Å². The average molecular weight is 457 g/mol. The fraction of sp³-hybridized carbons (Fsp3) is 0.115. The van der Waals surface area contributed by atoms with Crippen molar-refractivity contribution in [2.75, 3.05) is 7.11 Å². The number of aromatic nitrogens is 2. The summed E-state index contributed by atoms with van der Waals surface area (Å²) in [6.07, 6.45) is 1.45. The molecule has 8 nitrogen and oxygen atoms in total. The first-order valence-electron chi connectivity index (χ1n) is 10.6. The third kappa shape index (κ3) is 5.42. The number of carbonyl (C=O) groups is 1. The van der Waals surface area contributed by atoms with Crippen molar-refractivity contribution in [3.63, 3.8) is 0 Å². The molecule has 0 saturated carbocycles. The van der Waals surface area contributed by atoms with Gasteiger partial charge in [-0.15, -0.1) is 0 Å². The molecule has 1 aromatic heterocycles. The zero-order valence-corrected chi connectivity index (χ0v) is 18.8. The van der Waals surface area contributed by atoms with Crippen LogP contribution in [0.25, 0.3) is 11.3 Å². The Bertz CT molecular complexity index is 1310. The first-order valence-corrected chi connectivity index (χ1v) is 10.6. The second-order valence-corrected chi connectivity index (χ2v) is 7.57. The van der Waals surface area contributed by atoms with Crippen molar-refractivity contribution in [3.05, 3.63) is 95.2 Å². The van der Waals surface area contributed by atoms with Crippen LogP contribution in [0.5, 0.6) is 17.2 Å². The third-order valence-electron chi connectivity index (χ3n) is 5.08. The second kappa shape index (κ2) is 10.4. The molecule has 0 unspecified atom stereocenters. The Hall–Kier alpha value is -4.59. The van der Waals surface area contributed by atoms with Gasteiger partial charge in [-0.05, 0) is 54.4 Å². The minimum atomic E-state index is -0.446. The predicted molar refractivity (Wildman–Crippen MR) is 129 cm³/mol. The molecule has 172 valence electrons. The summed E-state index contributed by atoms with van der Waals surface area (Å²) in [6, 6.07) is 22.1. The summed E-state index contributed by atoms with van der Waals surface area (Å²) in [5.74, 6) is 0.563. The van der Waals surface area contributed by atoms with Crippen LogP contribution in [0.15, 0.2) is 77.9 Å². The number of methoxy groups -OCH3 is 1. The van der Waals surface area contributed by atoms with E-state index in [-0.39, 0.29) is 11.4 Å². The van der Waals surface area contributed by atoms with E-state index in [4.69, 9.17) is 9.47 Å². The second-order valence-electron chi connectivity index (χ2n) is 7.57. The molecule has 4 rings (SSSR count). The van der Waals surface area contributed by atoms with Gasteiger partial charge in [-0.3, -0.25) is 9.89 Å². The Labute approximate surface area is 196 Å². The van der Waals surface area contributed by atoms with E-state index in [2.05, 4.69) is 20.7 Å². The molecule has 0 spiro atoms. The van der Waals surface area contributed by atoms with Gasteiger partial charge in [0.1, 0.15) is 18.1 Å². The Kier molecular flexibility index (Phi) is 6.88. The largest absolute Gasteiger partial charge is 0.504 e. The van der Waals surface area contributed by atoms with Gasteiger partial charge in [0.2, 0.25) is 0 Å². The molecule has 0 radical (unpaired) electrons. The lowest BCUT2D eigenvalue weighted by Crippen LogP contribution is -2.18. The van der Waals surface area contributed by atoms with E-state index >= 15 is 0 Å². The number of phenolic OH excluding ortho intramolecular Hbond substituents is 1. The molecule has 34 heavy (non-hydrogen) atoms. The minimum absolute atomic E-state index is 0.0248. The van der Waals surface area contributed by atoms with Crippen molar-refractivity contribution in [3.8, 4) is 28.5 Å². The van der Waals surface area contributed by atoms with E-state index in [1.807, 2.05) is 55.5 Å². The fourth-order valence-corrected chi connectivity index (χ4v) is 3.23. The van der Waals surface area contributed by atoms with Gasteiger partial charge in [-0.25, -0.2) is 5.43 Å². The quantitative estimate of drug-likeness (QED) is 0.268. The number of aromatic amines is 1. The summed E-state index contributed by atoms with van der Waals surface area (Å²) in [5.41, 5.74) is 6.96. The molecule has 1 amide bonds. The third-order valence-corrected chi connectivity index (χ3v) is 5.08. The van der Waals surface area contributed by atoms with Crippen molar-refractivity contribution in [1.82, 2.24) is 15.6 Å². The molecule has 1 heterocycles. The number of rotatable bonds is 8. The van der Waals surface area contributed by atoms with Crippen LogP contribution in [0.1, 0.15) is 27.2 Å². The number of carbonyl (C=O) groups excluding carboxylic acids is 1. The summed E-state index contributed by atoms with van der Waals surface area (Å²) in [5, 5.41) is 20.6. The number of aryl methyl sites for hydroxylation is 1. The highest BCUT2D eigenvalue weighted by Crippen LogP contribution is 2.29. The zero-order valence-electron chi connectivity index (χ0n) is 18.8. The van der Waals surface area contributed by atoms with Gasteiger partial charge in [0.25, 0.3) is 5.91 Å². The summed E-state index contributed by atoms with van der Waals surface area (Å²) < 4.78 is 11.1. The zero-order chi connectivity index (χ0) is 23.9. The lowest BCUT2D eigenvalue weighted by atomic mass is 10.1. The highest BCUT2D eigenvalue weighted by Gasteiger charge is 2.14. The predicted octanol–water partition coefficient (Wildman–Crippen LogP) is 4.44. The monoisotopic (exact) mass is 456 g/mol. The minimum Gasteiger partial charge on any atom is -0.504 e. The number of nitrogens with one attached hydrogen (secondary N) is 2. The number of phenols is 1. The molecule has 4 aromatic rings. The van der Waals surface area contributed by atoms with Gasteiger partial charge in [0.15, 0.2) is 11.5 Å². The van der Waals surface area contributed by atoms with Crippen LogP contribution in [-0.2, 0) is 6.61 Å². The van der Waals surface area contributed by atoms with Crippen molar-refractivity contribution in [1.29, 1.82) is 0 Å². The first kappa shape index (κ1) is 22.6. The molecule has 8 heteroatoms. The van der Waals surface area contributed by atoms with Crippen molar-refractivity contribution >= 4 is 12.1 Å². The maximum absolute atomic E-state index is 12.5. The summed E-state index contributed by atoms with van der Waals surface area (Å²) >= 11 is 0. The van der Waals surface area contributed by atoms with E-state index < -0.39 is 5.91 Å². The van der Waals surface area contributed by atoms with Crippen LogP contribution in [0.2, 0.25) is 0 Å². The Morgan fingerprint density at radius 2 is 1.88 bits per heavy atom. The molecule has 0 atom stereocenters. The number of hydrazone groups is 1. The Balaban J connectivity index is 1.42. The van der Waals surface area contributed by atoms with Gasteiger partial charge in [0.05, 0.1) is 19.0 Å². The van der Waals surface area contributed by atoms with E-state index in [0.717, 1.165) is 11.1 Å². The number of benzene rings is 3. The van der Waals surface area contributed by atoms with Crippen LogP contribution in [-0.4, -0.2) is 34.5 Å². The summed E-state index contributed by atoms with van der Waals surface area (Å²) in [6.45, 7) is 2.47. The van der Waals surface area contributed by atoms with Gasteiger partial charge in [-0.1, -0.05) is 42.0 Å². The van der Waals surface area contributed by atoms with E-state index in [1.165, 1.54) is 25.0 Å². The molecular formula is C26H24N4O4. The number of hydrogen-bond donors (Lipinski definition) is 3. The number of ether oxygens (including phenoxy) is 2. The van der Waals surface area contributed by atoms with Crippen LogP contribution in [0.3, 0.4) is 0 Å². The maximum atomic E-state index is 12.5. The molecule has 3 N–H and O–H groups in total. The Morgan fingerprint density at radius 3 is 2.68 bits per heavy atom. The number of para-hydroxylation sites is 1. The van der Waals surface area contributed by atoms with E-state index in [0.29, 0.717) is 29.4 Å². The molecule has 0 fully saturated rings. The van der Waals surface area contributed by atoms with E-state index in [9.17, 15) is 9.90 Å². The SMILES string of the molecule is COc1cc(/C=N/NC(=O)c2cc(-c3ccccc3OCc3ccc(C)cc3)n[nH]2)ccc1O. The average Bonchev–Trinajstić information content (AvgIpc) is 3.35. The van der Waals surface area contributed by atoms with Gasteiger partial charge in [0, 0.05) is 5.56 Å². The smallest absolute Gasteiger partial charge is 0.289 e. The lowest BCUT2D eigenvalue weighted by molar-refractivity contribution is 0.0950. The topological polar surface area (TPSA) is 109 Å². The summed E-state index contributed by atoms with van der Waals surface area (Å²) in [4.78, 5) is 12.5. The number of nitrogens with zero attached hydrogens (tertiary/aromatic N) is 2. The number of aromatic hydroxyl groups is 1. The fourth-order valence-electron chi connectivity index (χ4n) is 3.23. The molecule has 0 aliphatic heterocycles. The number of hydrogen-bond acceptors (Lipinski definition) is 6. The maximum Gasteiger partial charge on any atom is 0.289 e. The first-order chi connectivity index (χ1) is 16.5. The van der Waals surface area contributed by atoms with Crippen molar-refractivity contribution in [2.45, 2.75) is 13.5 Å². The summed E-state index contributed by atoms with van der Waals surface area (Å²) in [7, 11) is 1.46. The molecule has 0 aliphatic rings. The van der Waals surface area contributed by atoms with Crippen LogP contribution in [0.4, 0.5) is 0 Å². The highest BCUT2D eigenvalue weighted by molar-refractivity contribution is 5.94. The van der Waals surface area contributed by atoms with Gasteiger partial charge in [-0.2, -0.15) is 10.2 Å². The number of H-pyrrole nitrogens is 1. The lowest BCUT2D eigenvalue weighted by Gasteiger charge is -2.10.